The average molecular weight is 345 g/mol. The van der Waals surface area contributed by atoms with Crippen LogP contribution in [0.25, 0.3) is 0 Å². The number of carbonyl (C=O) groups is 2. The molecule has 22 heavy (non-hydrogen) atoms. The molecule has 1 aromatic rings. The van der Waals surface area contributed by atoms with E-state index in [0.717, 1.165) is 12.0 Å². The summed E-state index contributed by atoms with van der Waals surface area (Å²) >= 11 is 9.93. The van der Waals surface area contributed by atoms with E-state index >= 15 is 0 Å². The monoisotopic (exact) mass is 344 g/mol. The molecule has 0 aliphatic carbocycles. The Kier molecular flexibility index (Phi) is 7.03. The van der Waals surface area contributed by atoms with Crippen LogP contribution < -0.4 is 15.4 Å². The minimum absolute atomic E-state index is 0.376. The highest BCUT2D eigenvalue weighted by molar-refractivity contribution is 7.80. The highest BCUT2D eigenvalue weighted by Gasteiger charge is 2.31. The number of urea groups is 1. The van der Waals surface area contributed by atoms with Crippen LogP contribution in [-0.4, -0.2) is 29.8 Å². The van der Waals surface area contributed by atoms with Gasteiger partial charge in [-0.2, -0.15) is 12.6 Å². The van der Waals surface area contributed by atoms with Gasteiger partial charge in [0.2, 0.25) is 0 Å². The molecule has 3 amide bonds. The highest BCUT2D eigenvalue weighted by atomic mass is 35.5. The first kappa shape index (κ1) is 18.6. The van der Waals surface area contributed by atoms with E-state index in [0.29, 0.717) is 23.1 Å². The molecule has 0 aliphatic rings. The zero-order chi connectivity index (χ0) is 16.8. The molecule has 0 heterocycles. The summed E-state index contributed by atoms with van der Waals surface area (Å²) in [5.41, 5.74) is -0.302. The minimum Gasteiger partial charge on any atom is -0.478 e. The molecule has 0 fully saturated rings. The molecule has 0 radical (unpaired) electrons. The Hall–Kier alpha value is -1.40. The number of hydrogen-bond acceptors (Lipinski definition) is 4. The van der Waals surface area contributed by atoms with Crippen LogP contribution in [0.2, 0.25) is 5.02 Å². The maximum atomic E-state index is 12.2. The van der Waals surface area contributed by atoms with Crippen LogP contribution in [0.3, 0.4) is 0 Å². The predicted octanol–water partition coefficient (Wildman–Crippen LogP) is 2.82. The van der Waals surface area contributed by atoms with Gasteiger partial charge in [-0.3, -0.25) is 10.1 Å². The van der Waals surface area contributed by atoms with E-state index in [-0.39, 0.29) is 0 Å². The van der Waals surface area contributed by atoms with Gasteiger partial charge in [0.1, 0.15) is 5.75 Å². The third kappa shape index (κ3) is 5.42. The van der Waals surface area contributed by atoms with Crippen molar-refractivity contribution in [2.24, 2.45) is 0 Å². The van der Waals surface area contributed by atoms with E-state index in [4.69, 9.17) is 16.3 Å². The van der Waals surface area contributed by atoms with E-state index in [1.807, 2.05) is 6.92 Å². The van der Waals surface area contributed by atoms with E-state index in [2.05, 4.69) is 23.3 Å². The fourth-order valence-corrected chi connectivity index (χ4v) is 2.02. The molecule has 0 atom stereocenters. The third-order valence-corrected chi connectivity index (χ3v) is 3.40. The molecular weight excluding hydrogens is 324 g/mol. The molecule has 0 saturated heterocycles. The summed E-state index contributed by atoms with van der Waals surface area (Å²) in [6.07, 6.45) is 0.718. The summed E-state index contributed by atoms with van der Waals surface area (Å²) in [5, 5.41) is 5.37. The first-order valence-corrected chi connectivity index (χ1v) is 7.98. The van der Waals surface area contributed by atoms with Gasteiger partial charge in [-0.25, -0.2) is 4.79 Å². The van der Waals surface area contributed by atoms with Crippen molar-refractivity contribution >= 4 is 36.2 Å². The number of nitrogens with one attached hydrogen (secondary N) is 2. The number of imide groups is 1. The fraction of sp³-hybridized carbons (Fsp3) is 0.467. The topological polar surface area (TPSA) is 67.4 Å². The molecule has 0 saturated carbocycles. The molecule has 0 spiro atoms. The van der Waals surface area contributed by atoms with Gasteiger partial charge in [0.15, 0.2) is 5.60 Å². The maximum absolute atomic E-state index is 12.2. The summed E-state index contributed by atoms with van der Waals surface area (Å²) < 4.78 is 5.78. The molecule has 1 aromatic carbocycles. The Labute approximate surface area is 141 Å². The Morgan fingerprint density at radius 2 is 2.05 bits per heavy atom. The maximum Gasteiger partial charge on any atom is 0.321 e. The Morgan fingerprint density at radius 3 is 2.64 bits per heavy atom. The largest absolute Gasteiger partial charge is 0.478 e. The number of aryl methyl sites for hydroxylation is 1. The molecule has 2 N–H and O–H groups in total. The lowest BCUT2D eigenvalue weighted by Gasteiger charge is -2.26. The summed E-state index contributed by atoms with van der Waals surface area (Å²) in [4.78, 5) is 23.7. The molecule has 0 aliphatic heterocycles. The summed E-state index contributed by atoms with van der Waals surface area (Å²) in [6.45, 7) is 5.54. The van der Waals surface area contributed by atoms with Gasteiger partial charge in [-0.15, -0.1) is 0 Å². The van der Waals surface area contributed by atoms with Crippen molar-refractivity contribution in [2.45, 2.75) is 32.8 Å². The number of hydrogen-bond donors (Lipinski definition) is 3. The van der Waals surface area contributed by atoms with Crippen molar-refractivity contribution in [1.82, 2.24) is 10.6 Å². The molecule has 7 heteroatoms. The van der Waals surface area contributed by atoms with Gasteiger partial charge in [0.25, 0.3) is 5.91 Å². The number of ether oxygens (including phenoxy) is 1. The number of carbonyl (C=O) groups excluding carboxylic acids is 2. The molecule has 0 unspecified atom stereocenters. The van der Waals surface area contributed by atoms with Gasteiger partial charge in [0.05, 0.1) is 0 Å². The Morgan fingerprint density at radius 1 is 1.36 bits per heavy atom. The number of rotatable bonds is 6. The number of thiol groups is 1. The van der Waals surface area contributed by atoms with Crippen molar-refractivity contribution in [3.05, 3.63) is 28.8 Å². The van der Waals surface area contributed by atoms with Crippen molar-refractivity contribution in [3.63, 3.8) is 0 Å². The van der Waals surface area contributed by atoms with E-state index in [1.54, 1.807) is 32.0 Å². The second kappa shape index (κ2) is 8.29. The Bertz CT molecular complexity index is 550. The summed E-state index contributed by atoms with van der Waals surface area (Å²) in [6, 6.07) is 4.65. The zero-order valence-electron chi connectivity index (χ0n) is 12.9. The zero-order valence-corrected chi connectivity index (χ0v) is 14.6. The molecule has 1 rings (SSSR count). The van der Waals surface area contributed by atoms with E-state index < -0.39 is 17.5 Å². The first-order chi connectivity index (χ1) is 10.3. The van der Waals surface area contributed by atoms with Gasteiger partial charge < -0.3 is 10.1 Å². The first-order valence-electron chi connectivity index (χ1n) is 6.97. The SMILES string of the molecule is CCc1cc(Cl)ccc1OC(C)(C)C(=O)NC(=O)NCCS. The predicted molar refractivity (Wildman–Crippen MR) is 90.9 cm³/mol. The van der Waals surface area contributed by atoms with Crippen molar-refractivity contribution in [2.75, 3.05) is 12.3 Å². The fourth-order valence-electron chi connectivity index (χ4n) is 1.71. The molecule has 122 valence electrons. The van der Waals surface area contributed by atoms with Crippen LogP contribution in [0.15, 0.2) is 18.2 Å². The van der Waals surface area contributed by atoms with Crippen LogP contribution in [0, 0.1) is 0 Å². The number of benzene rings is 1. The molecule has 0 aromatic heterocycles. The second-order valence-corrected chi connectivity index (χ2v) is 6.04. The molecule has 5 nitrogen and oxygen atoms in total. The number of amides is 3. The molecular formula is C15H21ClN2O3S. The van der Waals surface area contributed by atoms with Crippen LogP contribution in [0.5, 0.6) is 5.75 Å². The molecule has 0 bridgehead atoms. The van der Waals surface area contributed by atoms with Gasteiger partial charge in [-0.1, -0.05) is 18.5 Å². The summed E-state index contributed by atoms with van der Waals surface area (Å²) in [5.74, 6) is 0.538. The highest BCUT2D eigenvalue weighted by Crippen LogP contribution is 2.27. The standard InChI is InChI=1S/C15H21ClN2O3S/c1-4-10-9-11(16)5-6-12(10)21-15(2,3)13(19)18-14(20)17-7-8-22/h5-6,9,22H,4,7-8H2,1-3H3,(H2,17,18,19,20). The van der Waals surface area contributed by atoms with Crippen molar-refractivity contribution in [1.29, 1.82) is 0 Å². The van der Waals surface area contributed by atoms with E-state index in [9.17, 15) is 9.59 Å². The summed E-state index contributed by atoms with van der Waals surface area (Å²) in [7, 11) is 0. The van der Waals surface area contributed by atoms with Crippen LogP contribution in [0.1, 0.15) is 26.3 Å². The van der Waals surface area contributed by atoms with Crippen LogP contribution in [0.4, 0.5) is 4.79 Å². The lowest BCUT2D eigenvalue weighted by atomic mass is 10.1. The van der Waals surface area contributed by atoms with Crippen molar-refractivity contribution < 1.29 is 14.3 Å². The van der Waals surface area contributed by atoms with Crippen LogP contribution in [-0.2, 0) is 11.2 Å². The quantitative estimate of drug-likeness (QED) is 0.695. The van der Waals surface area contributed by atoms with Gasteiger partial charge in [0, 0.05) is 17.3 Å². The minimum atomic E-state index is -1.20. The van der Waals surface area contributed by atoms with Gasteiger partial charge >= 0.3 is 6.03 Å². The normalized spacial score (nSPS) is 11.0. The second-order valence-electron chi connectivity index (χ2n) is 5.15. The van der Waals surface area contributed by atoms with Crippen molar-refractivity contribution in [3.8, 4) is 5.75 Å². The number of halogens is 1. The van der Waals surface area contributed by atoms with E-state index in [1.165, 1.54) is 0 Å². The smallest absolute Gasteiger partial charge is 0.321 e. The van der Waals surface area contributed by atoms with Gasteiger partial charge in [-0.05, 0) is 44.0 Å². The lowest BCUT2D eigenvalue weighted by Crippen LogP contribution is -2.51. The van der Waals surface area contributed by atoms with Crippen LogP contribution >= 0.6 is 24.2 Å². The Balaban J connectivity index is 2.78. The average Bonchev–Trinajstić information content (AvgIpc) is 2.46. The lowest BCUT2D eigenvalue weighted by molar-refractivity contribution is -0.133. The third-order valence-electron chi connectivity index (χ3n) is 2.94.